The quantitative estimate of drug-likeness (QED) is 0.504. The lowest BCUT2D eigenvalue weighted by Gasteiger charge is -2.27. The van der Waals surface area contributed by atoms with E-state index in [1.165, 1.54) is 25.5 Å². The van der Waals surface area contributed by atoms with Crippen LogP contribution in [0.4, 0.5) is 0 Å². The maximum absolute atomic E-state index is 12.7. The summed E-state index contributed by atoms with van der Waals surface area (Å²) in [4.78, 5) is 30.9. The normalized spacial score (nSPS) is 13.2. The van der Waals surface area contributed by atoms with E-state index < -0.39 is 0 Å². The zero-order valence-electron chi connectivity index (χ0n) is 17.7. The second kappa shape index (κ2) is 12.5. The fourth-order valence-corrected chi connectivity index (χ4v) is 2.77. The van der Waals surface area contributed by atoms with Crippen molar-refractivity contribution in [2.24, 2.45) is 0 Å². The molecule has 0 saturated carbocycles. The standard InChI is InChI=1S/C21H37N3O3/c1-6-9-10-11-12-13-20(25)24(17(5)8-3)14-19-23-18(15-27-19)21(26)22-16(4)7-2/h15-17H,6-14H2,1-5H3,(H,22,26). The van der Waals surface area contributed by atoms with Crippen LogP contribution < -0.4 is 5.32 Å². The number of nitrogens with zero attached hydrogens (tertiary/aromatic N) is 2. The molecule has 1 aromatic rings. The molecule has 0 aromatic carbocycles. The average Bonchev–Trinajstić information content (AvgIpc) is 3.13. The van der Waals surface area contributed by atoms with Gasteiger partial charge in [0.2, 0.25) is 11.8 Å². The first-order chi connectivity index (χ1) is 12.9. The summed E-state index contributed by atoms with van der Waals surface area (Å²) in [5.41, 5.74) is 0.265. The van der Waals surface area contributed by atoms with E-state index in [-0.39, 0.29) is 29.6 Å². The molecule has 0 radical (unpaired) electrons. The molecule has 0 aliphatic carbocycles. The van der Waals surface area contributed by atoms with Crippen molar-refractivity contribution < 1.29 is 14.0 Å². The minimum absolute atomic E-state index is 0.0866. The fraction of sp³-hybridized carbons (Fsp3) is 0.762. The Labute approximate surface area is 164 Å². The van der Waals surface area contributed by atoms with Crippen molar-refractivity contribution in [3.8, 4) is 0 Å². The summed E-state index contributed by atoms with van der Waals surface area (Å²) < 4.78 is 5.47. The van der Waals surface area contributed by atoms with E-state index in [9.17, 15) is 9.59 Å². The molecule has 1 N–H and O–H groups in total. The number of carbonyl (C=O) groups is 2. The number of amides is 2. The molecular weight excluding hydrogens is 342 g/mol. The Bertz CT molecular complexity index is 571. The first-order valence-electron chi connectivity index (χ1n) is 10.5. The van der Waals surface area contributed by atoms with Gasteiger partial charge >= 0.3 is 0 Å². The van der Waals surface area contributed by atoms with Crippen molar-refractivity contribution in [2.75, 3.05) is 0 Å². The summed E-state index contributed by atoms with van der Waals surface area (Å²) in [6.07, 6.45) is 9.25. The van der Waals surface area contributed by atoms with E-state index in [1.807, 2.05) is 25.7 Å². The van der Waals surface area contributed by atoms with Crippen molar-refractivity contribution >= 4 is 11.8 Å². The van der Waals surface area contributed by atoms with Gasteiger partial charge in [-0.25, -0.2) is 4.98 Å². The second-order valence-electron chi connectivity index (χ2n) is 7.35. The van der Waals surface area contributed by atoms with Gasteiger partial charge in [0.1, 0.15) is 6.26 Å². The number of oxazole rings is 1. The molecule has 27 heavy (non-hydrogen) atoms. The van der Waals surface area contributed by atoms with Gasteiger partial charge in [0, 0.05) is 18.5 Å². The highest BCUT2D eigenvalue weighted by Crippen LogP contribution is 2.15. The zero-order chi connectivity index (χ0) is 20.2. The van der Waals surface area contributed by atoms with E-state index >= 15 is 0 Å². The molecule has 2 amide bonds. The molecule has 0 aliphatic heterocycles. The van der Waals surface area contributed by atoms with Crippen LogP contribution in [-0.2, 0) is 11.3 Å². The van der Waals surface area contributed by atoms with Crippen molar-refractivity contribution in [1.29, 1.82) is 0 Å². The predicted octanol–water partition coefficient (Wildman–Crippen LogP) is 4.69. The van der Waals surface area contributed by atoms with Gasteiger partial charge in [-0.15, -0.1) is 0 Å². The number of carbonyl (C=O) groups excluding carboxylic acids is 2. The molecule has 0 spiro atoms. The Hall–Kier alpha value is -1.85. The molecule has 1 heterocycles. The molecule has 6 heteroatoms. The fourth-order valence-electron chi connectivity index (χ4n) is 2.77. The predicted molar refractivity (Wildman–Crippen MR) is 107 cm³/mol. The van der Waals surface area contributed by atoms with E-state index in [2.05, 4.69) is 24.1 Å². The number of nitrogens with one attached hydrogen (secondary N) is 1. The van der Waals surface area contributed by atoms with Crippen LogP contribution in [0.15, 0.2) is 10.7 Å². The first-order valence-corrected chi connectivity index (χ1v) is 10.5. The smallest absolute Gasteiger partial charge is 0.273 e. The third kappa shape index (κ3) is 8.14. The van der Waals surface area contributed by atoms with Gasteiger partial charge in [-0.1, -0.05) is 46.5 Å². The summed E-state index contributed by atoms with van der Waals surface area (Å²) >= 11 is 0. The molecule has 1 rings (SSSR count). The Balaban J connectivity index is 2.66. The molecule has 0 saturated heterocycles. The SMILES string of the molecule is CCCCCCCC(=O)N(Cc1nc(C(=O)NC(C)CC)co1)C(C)CC. The van der Waals surface area contributed by atoms with Crippen LogP contribution in [0, 0.1) is 0 Å². The maximum Gasteiger partial charge on any atom is 0.273 e. The number of aromatic nitrogens is 1. The number of hydrogen-bond donors (Lipinski definition) is 1. The minimum atomic E-state index is -0.239. The summed E-state index contributed by atoms with van der Waals surface area (Å²) in [6.45, 7) is 10.5. The van der Waals surface area contributed by atoms with Crippen LogP contribution in [0.25, 0.3) is 0 Å². The molecule has 0 bridgehead atoms. The van der Waals surface area contributed by atoms with Gasteiger partial charge in [0.15, 0.2) is 5.69 Å². The highest BCUT2D eigenvalue weighted by atomic mass is 16.3. The molecule has 6 nitrogen and oxygen atoms in total. The number of hydrogen-bond acceptors (Lipinski definition) is 4. The van der Waals surface area contributed by atoms with Crippen molar-refractivity contribution in [2.45, 2.75) is 105 Å². The Morgan fingerprint density at radius 1 is 1.11 bits per heavy atom. The maximum atomic E-state index is 12.7. The lowest BCUT2D eigenvalue weighted by Crippen LogP contribution is -2.37. The highest BCUT2D eigenvalue weighted by molar-refractivity contribution is 5.92. The van der Waals surface area contributed by atoms with Crippen molar-refractivity contribution in [3.63, 3.8) is 0 Å². The van der Waals surface area contributed by atoms with Crippen LogP contribution in [0.2, 0.25) is 0 Å². The average molecular weight is 380 g/mol. The lowest BCUT2D eigenvalue weighted by atomic mass is 10.1. The van der Waals surface area contributed by atoms with Gasteiger partial charge in [-0.2, -0.15) is 0 Å². The van der Waals surface area contributed by atoms with Crippen LogP contribution in [0.5, 0.6) is 0 Å². The lowest BCUT2D eigenvalue weighted by molar-refractivity contribution is -0.134. The topological polar surface area (TPSA) is 75.4 Å². The molecule has 0 aliphatic rings. The zero-order valence-corrected chi connectivity index (χ0v) is 17.7. The Morgan fingerprint density at radius 2 is 1.81 bits per heavy atom. The monoisotopic (exact) mass is 379 g/mol. The Kier molecular flexibility index (Phi) is 10.8. The Morgan fingerprint density at radius 3 is 2.44 bits per heavy atom. The van der Waals surface area contributed by atoms with Gasteiger partial charge in [0.25, 0.3) is 5.91 Å². The molecule has 0 fully saturated rings. The third-order valence-corrected chi connectivity index (χ3v) is 5.02. The van der Waals surface area contributed by atoms with E-state index in [4.69, 9.17) is 4.42 Å². The summed E-state index contributed by atoms with van der Waals surface area (Å²) in [7, 11) is 0. The van der Waals surface area contributed by atoms with Gasteiger partial charge in [-0.05, 0) is 33.1 Å². The third-order valence-electron chi connectivity index (χ3n) is 5.02. The first kappa shape index (κ1) is 23.2. The largest absolute Gasteiger partial charge is 0.446 e. The van der Waals surface area contributed by atoms with Crippen LogP contribution >= 0.6 is 0 Å². The molecular formula is C21H37N3O3. The summed E-state index contributed by atoms with van der Waals surface area (Å²) in [5.74, 6) is 0.297. The second-order valence-corrected chi connectivity index (χ2v) is 7.35. The molecule has 2 unspecified atom stereocenters. The van der Waals surface area contributed by atoms with Crippen LogP contribution in [-0.4, -0.2) is 33.8 Å². The van der Waals surface area contributed by atoms with Crippen molar-refractivity contribution in [1.82, 2.24) is 15.2 Å². The number of unbranched alkanes of at least 4 members (excludes halogenated alkanes) is 4. The highest BCUT2D eigenvalue weighted by Gasteiger charge is 2.22. The van der Waals surface area contributed by atoms with Crippen molar-refractivity contribution in [3.05, 3.63) is 17.8 Å². The number of rotatable bonds is 13. The van der Waals surface area contributed by atoms with Gasteiger partial charge in [0.05, 0.1) is 6.54 Å². The van der Waals surface area contributed by atoms with Gasteiger partial charge < -0.3 is 14.6 Å². The van der Waals surface area contributed by atoms with E-state index in [1.54, 1.807) is 0 Å². The van der Waals surface area contributed by atoms with Crippen LogP contribution in [0.1, 0.15) is 102 Å². The molecule has 1 aromatic heterocycles. The van der Waals surface area contributed by atoms with E-state index in [0.29, 0.717) is 18.9 Å². The van der Waals surface area contributed by atoms with Gasteiger partial charge in [-0.3, -0.25) is 9.59 Å². The molecule has 2 atom stereocenters. The van der Waals surface area contributed by atoms with E-state index in [0.717, 1.165) is 25.7 Å². The summed E-state index contributed by atoms with van der Waals surface area (Å²) in [5, 5.41) is 2.87. The molecule has 154 valence electrons. The summed E-state index contributed by atoms with van der Waals surface area (Å²) in [6, 6.07) is 0.195. The van der Waals surface area contributed by atoms with Crippen LogP contribution in [0.3, 0.4) is 0 Å². The minimum Gasteiger partial charge on any atom is -0.446 e.